The van der Waals surface area contributed by atoms with Crippen LogP contribution in [0, 0.1) is 12.8 Å². The van der Waals surface area contributed by atoms with Crippen molar-refractivity contribution < 1.29 is 14.7 Å². The Labute approximate surface area is 154 Å². The van der Waals surface area contributed by atoms with Gasteiger partial charge < -0.3 is 15.3 Å². The third kappa shape index (κ3) is 3.73. The molecule has 0 spiro atoms. The molecule has 1 saturated carbocycles. The lowest BCUT2D eigenvalue weighted by molar-refractivity contribution is -0.128. The Bertz CT molecular complexity index is 746. The van der Waals surface area contributed by atoms with E-state index >= 15 is 0 Å². The molecule has 0 aromatic heterocycles. The summed E-state index contributed by atoms with van der Waals surface area (Å²) in [5.74, 6) is 0.0487. The average Bonchev–Trinajstić information content (AvgIpc) is 3.04. The number of nitrogens with zero attached hydrogens (tertiary/aromatic N) is 1. The number of aryl methyl sites for hydroxylation is 1. The van der Waals surface area contributed by atoms with Crippen LogP contribution in [0.4, 0.5) is 5.69 Å². The molecule has 0 unspecified atom stereocenters. The van der Waals surface area contributed by atoms with Crippen molar-refractivity contribution in [2.75, 3.05) is 11.9 Å². The smallest absolute Gasteiger partial charge is 0.254 e. The lowest BCUT2D eigenvalue weighted by atomic mass is 9.84. The maximum Gasteiger partial charge on any atom is 0.254 e. The number of amides is 2. The zero-order valence-corrected chi connectivity index (χ0v) is 15.2. The van der Waals surface area contributed by atoms with Gasteiger partial charge in [-0.15, -0.1) is 0 Å². The Hall–Kier alpha value is -2.40. The molecule has 26 heavy (non-hydrogen) atoms. The summed E-state index contributed by atoms with van der Waals surface area (Å²) in [6.07, 6.45) is 6.79. The van der Waals surface area contributed by atoms with E-state index in [1.165, 1.54) is 0 Å². The Morgan fingerprint density at radius 2 is 2.08 bits per heavy atom. The van der Waals surface area contributed by atoms with Crippen LogP contribution in [-0.4, -0.2) is 34.4 Å². The molecular formula is C21H26N2O3. The maximum atomic E-state index is 12.6. The largest absolute Gasteiger partial charge is 0.392 e. The van der Waals surface area contributed by atoms with Gasteiger partial charge in [-0.05, 0) is 55.9 Å². The van der Waals surface area contributed by atoms with Gasteiger partial charge in [0.05, 0.1) is 6.61 Å². The third-order valence-electron chi connectivity index (χ3n) is 5.53. The normalized spacial score (nSPS) is 22.9. The Morgan fingerprint density at radius 3 is 2.69 bits per heavy atom. The first kappa shape index (κ1) is 18.4. The van der Waals surface area contributed by atoms with E-state index in [4.69, 9.17) is 0 Å². The number of aliphatic hydroxyl groups excluding tert-OH is 1. The fourth-order valence-corrected chi connectivity index (χ4v) is 3.83. The van der Waals surface area contributed by atoms with E-state index in [2.05, 4.69) is 11.9 Å². The molecule has 0 radical (unpaired) electrons. The summed E-state index contributed by atoms with van der Waals surface area (Å²) in [5.41, 5.74) is 3.24. The first-order chi connectivity index (χ1) is 12.5. The first-order valence-electron chi connectivity index (χ1n) is 9.18. The van der Waals surface area contributed by atoms with Crippen LogP contribution >= 0.6 is 0 Å². The highest BCUT2D eigenvalue weighted by Crippen LogP contribution is 2.31. The summed E-state index contributed by atoms with van der Waals surface area (Å²) < 4.78 is 0. The third-order valence-corrected chi connectivity index (χ3v) is 5.53. The van der Waals surface area contributed by atoms with Gasteiger partial charge in [-0.2, -0.15) is 0 Å². The van der Waals surface area contributed by atoms with Gasteiger partial charge in [0.25, 0.3) is 5.91 Å². The number of benzene rings is 1. The molecule has 1 aliphatic carbocycles. The summed E-state index contributed by atoms with van der Waals surface area (Å²) in [6, 6.07) is 5.80. The van der Waals surface area contributed by atoms with Crippen molar-refractivity contribution in [3.63, 3.8) is 0 Å². The quantitative estimate of drug-likeness (QED) is 0.854. The number of carbonyl (C=O) groups excluding carboxylic acids is 2. The highest BCUT2D eigenvalue weighted by molar-refractivity contribution is 5.98. The molecule has 2 amide bonds. The summed E-state index contributed by atoms with van der Waals surface area (Å²) in [5, 5.41) is 12.3. The van der Waals surface area contributed by atoms with Gasteiger partial charge >= 0.3 is 0 Å². The SMILES string of the molecule is C=CC1=CCN(C2CCC(C(=O)Nc3ccc(C)c(CO)c3)CC2)C1=O. The summed E-state index contributed by atoms with van der Waals surface area (Å²) in [4.78, 5) is 26.7. The van der Waals surface area contributed by atoms with E-state index in [9.17, 15) is 14.7 Å². The molecule has 0 bridgehead atoms. The van der Waals surface area contributed by atoms with E-state index in [-0.39, 0.29) is 30.4 Å². The number of anilines is 1. The molecule has 1 heterocycles. The summed E-state index contributed by atoms with van der Waals surface area (Å²) >= 11 is 0. The zero-order valence-electron chi connectivity index (χ0n) is 15.2. The monoisotopic (exact) mass is 354 g/mol. The van der Waals surface area contributed by atoms with Crippen LogP contribution in [0.1, 0.15) is 36.8 Å². The highest BCUT2D eigenvalue weighted by atomic mass is 16.3. The topological polar surface area (TPSA) is 69.6 Å². The van der Waals surface area contributed by atoms with Crippen LogP contribution in [0.15, 0.2) is 42.5 Å². The van der Waals surface area contributed by atoms with E-state index in [1.54, 1.807) is 6.08 Å². The number of hydrogen-bond acceptors (Lipinski definition) is 3. The fraction of sp³-hybridized carbons (Fsp3) is 0.429. The van der Waals surface area contributed by atoms with Gasteiger partial charge in [-0.25, -0.2) is 0 Å². The van der Waals surface area contributed by atoms with Gasteiger partial charge in [0.2, 0.25) is 5.91 Å². The predicted molar refractivity (Wildman–Crippen MR) is 101 cm³/mol. The van der Waals surface area contributed by atoms with Crippen molar-refractivity contribution in [2.45, 2.75) is 45.3 Å². The van der Waals surface area contributed by atoms with Crippen molar-refractivity contribution in [1.82, 2.24) is 4.90 Å². The molecule has 0 atom stereocenters. The number of carbonyl (C=O) groups is 2. The maximum absolute atomic E-state index is 12.6. The summed E-state index contributed by atoms with van der Waals surface area (Å²) in [6.45, 7) is 6.23. The van der Waals surface area contributed by atoms with Crippen molar-refractivity contribution in [2.24, 2.45) is 5.92 Å². The number of nitrogens with one attached hydrogen (secondary N) is 1. The molecule has 1 aromatic carbocycles. The van der Waals surface area contributed by atoms with E-state index in [0.717, 1.165) is 42.5 Å². The average molecular weight is 354 g/mol. The van der Waals surface area contributed by atoms with Crippen LogP contribution in [-0.2, 0) is 16.2 Å². The Kier molecular flexibility index (Phi) is 5.57. The lowest BCUT2D eigenvalue weighted by Gasteiger charge is -2.34. The molecule has 0 saturated heterocycles. The van der Waals surface area contributed by atoms with Crippen molar-refractivity contribution in [3.05, 3.63) is 53.6 Å². The van der Waals surface area contributed by atoms with Crippen LogP contribution in [0.3, 0.4) is 0 Å². The summed E-state index contributed by atoms with van der Waals surface area (Å²) in [7, 11) is 0. The minimum atomic E-state index is -0.0365. The van der Waals surface area contributed by atoms with Crippen LogP contribution in [0.25, 0.3) is 0 Å². The molecule has 138 valence electrons. The van der Waals surface area contributed by atoms with E-state index in [0.29, 0.717) is 12.1 Å². The molecule has 1 aromatic rings. The molecule has 3 rings (SSSR count). The molecule has 2 N–H and O–H groups in total. The predicted octanol–water partition coefficient (Wildman–Crippen LogP) is 2.94. The molecule has 5 nitrogen and oxygen atoms in total. The van der Waals surface area contributed by atoms with Gasteiger partial charge in [0, 0.05) is 29.8 Å². The van der Waals surface area contributed by atoms with Gasteiger partial charge in [0.15, 0.2) is 0 Å². The second kappa shape index (κ2) is 7.87. The molecule has 1 fully saturated rings. The molecule has 5 heteroatoms. The second-order valence-corrected chi connectivity index (χ2v) is 7.12. The van der Waals surface area contributed by atoms with Gasteiger partial charge in [-0.1, -0.05) is 24.8 Å². The van der Waals surface area contributed by atoms with Crippen LogP contribution < -0.4 is 5.32 Å². The van der Waals surface area contributed by atoms with Crippen LogP contribution in [0.2, 0.25) is 0 Å². The van der Waals surface area contributed by atoms with Crippen LogP contribution in [0.5, 0.6) is 0 Å². The Balaban J connectivity index is 1.54. The molecule has 2 aliphatic rings. The van der Waals surface area contributed by atoms with Gasteiger partial charge in [-0.3, -0.25) is 9.59 Å². The van der Waals surface area contributed by atoms with E-state index in [1.807, 2.05) is 36.1 Å². The molecular weight excluding hydrogens is 328 g/mol. The minimum Gasteiger partial charge on any atom is -0.392 e. The fourth-order valence-electron chi connectivity index (χ4n) is 3.83. The lowest BCUT2D eigenvalue weighted by Crippen LogP contribution is -2.41. The number of rotatable bonds is 5. The highest BCUT2D eigenvalue weighted by Gasteiger charge is 2.33. The Morgan fingerprint density at radius 1 is 1.35 bits per heavy atom. The zero-order chi connectivity index (χ0) is 18.7. The first-order valence-corrected chi connectivity index (χ1v) is 9.18. The second-order valence-electron chi connectivity index (χ2n) is 7.12. The number of aliphatic hydroxyl groups is 1. The minimum absolute atomic E-state index is 0.0221. The van der Waals surface area contributed by atoms with Crippen molar-refractivity contribution in [1.29, 1.82) is 0 Å². The standard InChI is InChI=1S/C21H26N2O3/c1-3-15-10-11-23(21(15)26)19-8-5-16(6-9-19)20(25)22-18-7-4-14(2)17(12-18)13-24/h3-4,7,10,12,16,19,24H,1,5-6,8-9,11,13H2,2H3,(H,22,25). The number of hydrogen-bond donors (Lipinski definition) is 2. The van der Waals surface area contributed by atoms with Crippen molar-refractivity contribution >= 4 is 17.5 Å². The van der Waals surface area contributed by atoms with Gasteiger partial charge in [0.1, 0.15) is 0 Å². The van der Waals surface area contributed by atoms with E-state index < -0.39 is 0 Å². The molecule has 1 aliphatic heterocycles. The van der Waals surface area contributed by atoms with Crippen molar-refractivity contribution in [3.8, 4) is 0 Å².